The second-order valence-corrected chi connectivity index (χ2v) is 5.56. The molecule has 0 amide bonds. The van der Waals surface area contributed by atoms with E-state index in [1.54, 1.807) is 0 Å². The Hall–Kier alpha value is -0.310. The zero-order valence-electron chi connectivity index (χ0n) is 11.3. The second kappa shape index (κ2) is 9.69. The summed E-state index contributed by atoms with van der Waals surface area (Å²) in [5.74, 6) is 0. The minimum atomic E-state index is 0.619. The third-order valence-corrected chi connectivity index (χ3v) is 3.77. The Balaban J connectivity index is 2.03. The molecule has 0 unspecified atom stereocenters. The molecule has 1 fully saturated rings. The Morgan fingerprint density at radius 3 is 2.41 bits per heavy atom. The van der Waals surface area contributed by atoms with E-state index >= 15 is 0 Å². The highest BCUT2D eigenvalue weighted by Gasteiger charge is 2.12. The van der Waals surface area contributed by atoms with Crippen molar-refractivity contribution in [1.29, 1.82) is 0 Å². The lowest BCUT2D eigenvalue weighted by molar-refractivity contribution is 0.527. The molecule has 0 bridgehead atoms. The van der Waals surface area contributed by atoms with Crippen LogP contribution in [0, 0.1) is 0 Å². The van der Waals surface area contributed by atoms with Crippen LogP contribution in [0.2, 0.25) is 0 Å². The largest absolute Gasteiger partial charge is 0.363 e. The zero-order valence-corrected chi connectivity index (χ0v) is 12.1. The van der Waals surface area contributed by atoms with E-state index in [0.29, 0.717) is 6.04 Å². The molecule has 0 spiro atoms. The molecule has 17 heavy (non-hydrogen) atoms. The maximum Gasteiger partial charge on any atom is 0.166 e. The van der Waals surface area contributed by atoms with Gasteiger partial charge in [-0.15, -0.1) is 0 Å². The fourth-order valence-electron chi connectivity index (χ4n) is 2.41. The van der Waals surface area contributed by atoms with Crippen molar-refractivity contribution >= 4 is 17.3 Å². The van der Waals surface area contributed by atoms with E-state index in [4.69, 9.17) is 12.2 Å². The molecule has 3 heteroatoms. The molecule has 0 aromatic carbocycles. The lowest BCUT2D eigenvalue weighted by atomic mass is 10.1. The molecule has 2 N–H and O–H groups in total. The summed E-state index contributed by atoms with van der Waals surface area (Å²) in [6, 6.07) is 0.619. The van der Waals surface area contributed by atoms with E-state index in [1.807, 2.05) is 0 Å². The van der Waals surface area contributed by atoms with Gasteiger partial charge in [0.05, 0.1) is 0 Å². The van der Waals surface area contributed by atoms with Crippen LogP contribution in [0.25, 0.3) is 0 Å². The van der Waals surface area contributed by atoms with Crippen molar-refractivity contribution in [3.63, 3.8) is 0 Å². The van der Waals surface area contributed by atoms with Crippen LogP contribution in [-0.2, 0) is 0 Å². The summed E-state index contributed by atoms with van der Waals surface area (Å²) in [5.41, 5.74) is 0. The molecule has 1 aliphatic carbocycles. The van der Waals surface area contributed by atoms with Crippen LogP contribution < -0.4 is 10.6 Å². The molecule has 0 saturated heterocycles. The molecule has 1 saturated carbocycles. The van der Waals surface area contributed by atoms with E-state index < -0.39 is 0 Å². The maximum absolute atomic E-state index is 5.33. The molecule has 1 rings (SSSR count). The number of hydrogen-bond donors (Lipinski definition) is 2. The van der Waals surface area contributed by atoms with Crippen molar-refractivity contribution in [1.82, 2.24) is 10.6 Å². The van der Waals surface area contributed by atoms with Crippen molar-refractivity contribution in [2.45, 2.75) is 77.2 Å². The first-order chi connectivity index (χ1) is 8.33. The van der Waals surface area contributed by atoms with Crippen molar-refractivity contribution in [3.8, 4) is 0 Å². The summed E-state index contributed by atoms with van der Waals surface area (Å²) in [6.07, 6.45) is 13.3. The molecule has 0 aromatic heterocycles. The van der Waals surface area contributed by atoms with Crippen LogP contribution in [0.1, 0.15) is 71.1 Å². The highest BCUT2D eigenvalue weighted by atomic mass is 32.1. The van der Waals surface area contributed by atoms with Gasteiger partial charge in [0.25, 0.3) is 0 Å². The van der Waals surface area contributed by atoms with Gasteiger partial charge >= 0.3 is 0 Å². The smallest absolute Gasteiger partial charge is 0.166 e. The number of unbranched alkanes of at least 4 members (excludes halogenated alkanes) is 3. The van der Waals surface area contributed by atoms with Crippen LogP contribution >= 0.6 is 12.2 Å². The number of rotatable bonds is 6. The van der Waals surface area contributed by atoms with Gasteiger partial charge in [0.2, 0.25) is 0 Å². The summed E-state index contributed by atoms with van der Waals surface area (Å²) in [6.45, 7) is 3.27. The molecule has 0 radical (unpaired) electrons. The van der Waals surface area contributed by atoms with E-state index in [9.17, 15) is 0 Å². The minimum absolute atomic E-state index is 0.619. The molecule has 0 aromatic rings. The van der Waals surface area contributed by atoms with Crippen molar-refractivity contribution in [2.24, 2.45) is 0 Å². The molecule has 0 atom stereocenters. The van der Waals surface area contributed by atoms with Crippen LogP contribution in [0.3, 0.4) is 0 Å². The molecule has 100 valence electrons. The van der Waals surface area contributed by atoms with Gasteiger partial charge in [0.15, 0.2) is 5.11 Å². The minimum Gasteiger partial charge on any atom is -0.363 e. The van der Waals surface area contributed by atoms with Gasteiger partial charge < -0.3 is 10.6 Å². The van der Waals surface area contributed by atoms with Gasteiger partial charge in [-0.3, -0.25) is 0 Å². The number of thiocarbonyl (C=S) groups is 1. The van der Waals surface area contributed by atoms with Crippen LogP contribution in [0.5, 0.6) is 0 Å². The first-order valence-corrected chi connectivity index (χ1v) is 7.78. The molecular weight excluding hydrogens is 228 g/mol. The topological polar surface area (TPSA) is 24.1 Å². The first-order valence-electron chi connectivity index (χ1n) is 7.37. The van der Waals surface area contributed by atoms with Crippen LogP contribution in [0.15, 0.2) is 0 Å². The second-order valence-electron chi connectivity index (χ2n) is 5.15. The summed E-state index contributed by atoms with van der Waals surface area (Å²) in [7, 11) is 0. The Bertz CT molecular complexity index is 198. The van der Waals surface area contributed by atoms with Gasteiger partial charge in [0.1, 0.15) is 0 Å². The van der Waals surface area contributed by atoms with Gasteiger partial charge in [-0.2, -0.15) is 0 Å². The van der Waals surface area contributed by atoms with Crippen molar-refractivity contribution in [3.05, 3.63) is 0 Å². The highest BCUT2D eigenvalue weighted by Crippen LogP contribution is 2.16. The Morgan fingerprint density at radius 2 is 1.76 bits per heavy atom. The van der Waals surface area contributed by atoms with E-state index in [2.05, 4.69) is 17.6 Å². The lowest BCUT2D eigenvalue weighted by Gasteiger charge is -2.19. The molecule has 2 nitrogen and oxygen atoms in total. The quantitative estimate of drug-likeness (QED) is 0.430. The third kappa shape index (κ3) is 7.58. The predicted octanol–water partition coefficient (Wildman–Crippen LogP) is 3.75. The summed E-state index contributed by atoms with van der Waals surface area (Å²) < 4.78 is 0. The van der Waals surface area contributed by atoms with E-state index in [0.717, 1.165) is 11.7 Å². The average molecular weight is 256 g/mol. The molecule has 0 aliphatic heterocycles. The average Bonchev–Trinajstić information content (AvgIpc) is 2.57. The summed E-state index contributed by atoms with van der Waals surface area (Å²) in [4.78, 5) is 0. The van der Waals surface area contributed by atoms with E-state index in [1.165, 1.54) is 64.2 Å². The van der Waals surface area contributed by atoms with Gasteiger partial charge in [-0.05, 0) is 31.5 Å². The van der Waals surface area contributed by atoms with Crippen molar-refractivity contribution in [2.75, 3.05) is 6.54 Å². The Labute approximate surface area is 112 Å². The molecule has 0 heterocycles. The normalized spacial score (nSPS) is 17.5. The zero-order chi connectivity index (χ0) is 12.3. The molecular formula is C14H28N2S. The Morgan fingerprint density at radius 1 is 1.06 bits per heavy atom. The van der Waals surface area contributed by atoms with Gasteiger partial charge in [-0.1, -0.05) is 51.9 Å². The fraction of sp³-hybridized carbons (Fsp3) is 0.929. The fourth-order valence-corrected chi connectivity index (χ4v) is 2.68. The molecule has 1 aliphatic rings. The predicted molar refractivity (Wildman–Crippen MR) is 79.4 cm³/mol. The summed E-state index contributed by atoms with van der Waals surface area (Å²) in [5, 5.41) is 7.67. The van der Waals surface area contributed by atoms with E-state index in [-0.39, 0.29) is 0 Å². The third-order valence-electron chi connectivity index (χ3n) is 3.51. The van der Waals surface area contributed by atoms with Crippen molar-refractivity contribution < 1.29 is 0 Å². The highest BCUT2D eigenvalue weighted by molar-refractivity contribution is 7.80. The van der Waals surface area contributed by atoms with Gasteiger partial charge in [-0.25, -0.2) is 0 Å². The SMILES string of the molecule is CCCCCCNC(=S)NC1CCCCCC1. The lowest BCUT2D eigenvalue weighted by Crippen LogP contribution is -2.42. The standard InChI is InChI=1S/C14H28N2S/c1-2-3-4-9-12-15-14(17)16-13-10-7-5-6-8-11-13/h13H,2-12H2,1H3,(H2,15,16,17). The monoisotopic (exact) mass is 256 g/mol. The number of nitrogens with one attached hydrogen (secondary N) is 2. The Kier molecular flexibility index (Phi) is 8.41. The van der Waals surface area contributed by atoms with Gasteiger partial charge in [0, 0.05) is 12.6 Å². The summed E-state index contributed by atoms with van der Waals surface area (Å²) >= 11 is 5.33. The first kappa shape index (κ1) is 14.7. The van der Waals surface area contributed by atoms with Crippen LogP contribution in [-0.4, -0.2) is 17.7 Å². The van der Waals surface area contributed by atoms with Crippen LogP contribution in [0.4, 0.5) is 0 Å². The maximum atomic E-state index is 5.33. The number of hydrogen-bond acceptors (Lipinski definition) is 1.